The Kier molecular flexibility index (Phi) is 4.91. The predicted octanol–water partition coefficient (Wildman–Crippen LogP) is 3.52. The van der Waals surface area contributed by atoms with Gasteiger partial charge in [0.2, 0.25) is 0 Å². The molecular formula is C18H27FN2. The summed E-state index contributed by atoms with van der Waals surface area (Å²) < 4.78 is 13.7. The van der Waals surface area contributed by atoms with Gasteiger partial charge >= 0.3 is 0 Å². The fourth-order valence-electron chi connectivity index (χ4n) is 3.69. The van der Waals surface area contributed by atoms with Crippen LogP contribution in [0.5, 0.6) is 0 Å². The molecule has 1 N–H and O–H groups in total. The van der Waals surface area contributed by atoms with Crippen molar-refractivity contribution in [2.45, 2.75) is 45.1 Å². The van der Waals surface area contributed by atoms with E-state index in [1.54, 1.807) is 6.07 Å². The molecule has 1 heterocycles. The van der Waals surface area contributed by atoms with Gasteiger partial charge in [-0.1, -0.05) is 19.1 Å². The molecule has 2 nitrogen and oxygen atoms in total. The zero-order valence-corrected chi connectivity index (χ0v) is 13.1. The summed E-state index contributed by atoms with van der Waals surface area (Å²) in [5.74, 6) is 0.878. The van der Waals surface area contributed by atoms with Crippen LogP contribution in [0.25, 0.3) is 0 Å². The molecule has 0 amide bonds. The molecule has 3 heteroatoms. The molecule has 21 heavy (non-hydrogen) atoms. The van der Waals surface area contributed by atoms with Crippen LogP contribution in [-0.4, -0.2) is 31.1 Å². The minimum absolute atomic E-state index is 0.0285. The fourth-order valence-corrected chi connectivity index (χ4v) is 3.69. The lowest BCUT2D eigenvalue weighted by atomic mass is 9.99. The van der Waals surface area contributed by atoms with Crippen molar-refractivity contribution in [1.29, 1.82) is 0 Å². The van der Waals surface area contributed by atoms with Crippen molar-refractivity contribution >= 4 is 0 Å². The molecule has 0 spiro atoms. The summed E-state index contributed by atoms with van der Waals surface area (Å²) >= 11 is 0. The topological polar surface area (TPSA) is 15.3 Å². The summed E-state index contributed by atoms with van der Waals surface area (Å²) in [7, 11) is 0. The van der Waals surface area contributed by atoms with E-state index in [-0.39, 0.29) is 5.82 Å². The Labute approximate surface area is 127 Å². The lowest BCUT2D eigenvalue weighted by Crippen LogP contribution is -2.35. The van der Waals surface area contributed by atoms with Gasteiger partial charge in [-0.2, -0.15) is 0 Å². The highest BCUT2D eigenvalue weighted by Gasteiger charge is 2.24. The highest BCUT2D eigenvalue weighted by atomic mass is 19.1. The molecule has 0 radical (unpaired) electrons. The number of hydrogen-bond acceptors (Lipinski definition) is 2. The van der Waals surface area contributed by atoms with E-state index in [1.165, 1.54) is 44.5 Å². The average molecular weight is 290 g/mol. The van der Waals surface area contributed by atoms with Crippen LogP contribution in [-0.2, 0) is 6.42 Å². The number of rotatable bonds is 5. The summed E-state index contributed by atoms with van der Waals surface area (Å²) in [5, 5.41) is 3.62. The lowest BCUT2D eigenvalue weighted by Gasteiger charge is -2.30. The largest absolute Gasteiger partial charge is 0.310 e. The van der Waals surface area contributed by atoms with Crippen LogP contribution in [0.2, 0.25) is 0 Å². The van der Waals surface area contributed by atoms with Crippen molar-refractivity contribution in [3.63, 3.8) is 0 Å². The van der Waals surface area contributed by atoms with Crippen LogP contribution in [0.3, 0.4) is 0 Å². The summed E-state index contributed by atoms with van der Waals surface area (Å²) in [6, 6.07) is 5.86. The monoisotopic (exact) mass is 290 g/mol. The van der Waals surface area contributed by atoms with E-state index in [4.69, 9.17) is 0 Å². The zero-order valence-electron chi connectivity index (χ0n) is 13.1. The first-order valence-electron chi connectivity index (χ1n) is 8.47. The normalized spacial score (nSPS) is 23.4. The molecule has 1 aromatic rings. The number of halogens is 1. The van der Waals surface area contributed by atoms with Gasteiger partial charge in [0.05, 0.1) is 0 Å². The maximum atomic E-state index is 13.7. The molecule has 1 aromatic carbocycles. The predicted molar refractivity (Wildman–Crippen MR) is 84.9 cm³/mol. The molecule has 1 fully saturated rings. The third-order valence-corrected chi connectivity index (χ3v) is 5.13. The molecule has 2 aliphatic rings. The van der Waals surface area contributed by atoms with Gasteiger partial charge in [0.25, 0.3) is 0 Å². The standard InChI is InChI=1S/C18H27FN2/c1-14-8-12-21(13-9-14)11-3-10-20-18-7-6-15-16(18)4-2-5-17(15)19/h2,4-5,14,18,20H,3,6-13H2,1H3. The Morgan fingerprint density at radius 2 is 2.05 bits per heavy atom. The van der Waals surface area contributed by atoms with E-state index in [1.807, 2.05) is 6.07 Å². The molecule has 1 saturated heterocycles. The second-order valence-electron chi connectivity index (χ2n) is 6.73. The van der Waals surface area contributed by atoms with Crippen molar-refractivity contribution in [1.82, 2.24) is 10.2 Å². The maximum Gasteiger partial charge on any atom is 0.126 e. The van der Waals surface area contributed by atoms with Gasteiger partial charge in [0.1, 0.15) is 5.82 Å². The number of nitrogens with zero attached hydrogens (tertiary/aromatic N) is 1. The smallest absolute Gasteiger partial charge is 0.126 e. The highest BCUT2D eigenvalue weighted by molar-refractivity contribution is 5.35. The molecule has 1 unspecified atom stereocenters. The van der Waals surface area contributed by atoms with E-state index in [2.05, 4.69) is 23.2 Å². The van der Waals surface area contributed by atoms with Crippen LogP contribution in [0, 0.1) is 11.7 Å². The van der Waals surface area contributed by atoms with Crippen molar-refractivity contribution < 1.29 is 4.39 Å². The second-order valence-corrected chi connectivity index (χ2v) is 6.73. The minimum atomic E-state index is -0.0285. The Morgan fingerprint density at radius 1 is 1.24 bits per heavy atom. The number of nitrogens with one attached hydrogen (secondary N) is 1. The molecule has 1 atom stereocenters. The van der Waals surface area contributed by atoms with Crippen molar-refractivity contribution in [3.05, 3.63) is 35.1 Å². The summed E-state index contributed by atoms with van der Waals surface area (Å²) in [6.07, 6.45) is 5.81. The first kappa shape index (κ1) is 15.0. The lowest BCUT2D eigenvalue weighted by molar-refractivity contribution is 0.190. The number of benzene rings is 1. The molecule has 0 aromatic heterocycles. The van der Waals surface area contributed by atoms with Gasteiger partial charge < -0.3 is 10.2 Å². The summed E-state index contributed by atoms with van der Waals surface area (Å²) in [6.45, 7) is 7.11. The first-order valence-corrected chi connectivity index (χ1v) is 8.47. The van der Waals surface area contributed by atoms with Gasteiger partial charge in [-0.15, -0.1) is 0 Å². The van der Waals surface area contributed by atoms with E-state index in [9.17, 15) is 4.39 Å². The van der Waals surface area contributed by atoms with Crippen molar-refractivity contribution in [2.75, 3.05) is 26.2 Å². The van der Waals surface area contributed by atoms with Gasteiger partial charge in [0.15, 0.2) is 0 Å². The fraction of sp³-hybridized carbons (Fsp3) is 0.667. The molecule has 3 rings (SSSR count). The number of hydrogen-bond donors (Lipinski definition) is 1. The van der Waals surface area contributed by atoms with E-state index >= 15 is 0 Å². The molecule has 0 bridgehead atoms. The van der Waals surface area contributed by atoms with Crippen LogP contribution in [0.4, 0.5) is 4.39 Å². The van der Waals surface area contributed by atoms with Crippen molar-refractivity contribution in [2.24, 2.45) is 5.92 Å². The zero-order chi connectivity index (χ0) is 14.7. The molecule has 116 valence electrons. The summed E-state index contributed by atoms with van der Waals surface area (Å²) in [5.41, 5.74) is 2.11. The molecule has 1 aliphatic carbocycles. The molecular weight excluding hydrogens is 263 g/mol. The van der Waals surface area contributed by atoms with Gasteiger partial charge in [0, 0.05) is 6.04 Å². The second kappa shape index (κ2) is 6.89. The van der Waals surface area contributed by atoms with Gasteiger partial charge in [-0.3, -0.25) is 0 Å². The van der Waals surface area contributed by atoms with E-state index < -0.39 is 0 Å². The first-order chi connectivity index (χ1) is 10.2. The quantitative estimate of drug-likeness (QED) is 0.835. The third kappa shape index (κ3) is 3.64. The highest BCUT2D eigenvalue weighted by Crippen LogP contribution is 2.32. The van der Waals surface area contributed by atoms with Crippen LogP contribution >= 0.6 is 0 Å². The van der Waals surface area contributed by atoms with E-state index in [0.29, 0.717) is 6.04 Å². The maximum absolute atomic E-state index is 13.7. The van der Waals surface area contributed by atoms with Crippen LogP contribution < -0.4 is 5.32 Å². The SMILES string of the molecule is CC1CCN(CCCNC2CCc3c(F)cccc32)CC1. The number of likely N-dealkylation sites (tertiary alicyclic amines) is 1. The Morgan fingerprint density at radius 3 is 2.86 bits per heavy atom. The minimum Gasteiger partial charge on any atom is -0.310 e. The van der Waals surface area contributed by atoms with Crippen molar-refractivity contribution in [3.8, 4) is 0 Å². The Balaban J connectivity index is 1.40. The Bertz CT molecular complexity index is 466. The van der Waals surface area contributed by atoms with E-state index in [0.717, 1.165) is 30.9 Å². The number of piperidine rings is 1. The van der Waals surface area contributed by atoms with Crippen LogP contribution in [0.1, 0.15) is 49.8 Å². The molecule has 0 saturated carbocycles. The summed E-state index contributed by atoms with van der Waals surface area (Å²) in [4.78, 5) is 2.59. The number of fused-ring (bicyclic) bond motifs is 1. The van der Waals surface area contributed by atoms with Crippen LogP contribution in [0.15, 0.2) is 18.2 Å². The van der Waals surface area contributed by atoms with Gasteiger partial charge in [-0.05, 0) is 81.4 Å². The third-order valence-electron chi connectivity index (χ3n) is 5.13. The molecule has 1 aliphatic heterocycles. The average Bonchev–Trinajstić information content (AvgIpc) is 2.90. The van der Waals surface area contributed by atoms with Gasteiger partial charge in [-0.25, -0.2) is 4.39 Å². The Hall–Kier alpha value is -0.930.